The first-order valence-electron chi connectivity index (χ1n) is 9.94. The van der Waals surface area contributed by atoms with Gasteiger partial charge in [0, 0.05) is 32.2 Å². The van der Waals surface area contributed by atoms with E-state index in [0.717, 1.165) is 25.2 Å². The van der Waals surface area contributed by atoms with Crippen molar-refractivity contribution in [2.75, 3.05) is 38.2 Å². The Kier molecular flexibility index (Phi) is 5.68. The number of hydrogen-bond acceptors (Lipinski definition) is 8. The van der Waals surface area contributed by atoms with E-state index in [-0.39, 0.29) is 23.7 Å². The molecular weight excluding hydrogens is 374 g/mol. The minimum atomic E-state index is -0.173. The standard InChI is InChI=1S/C19H25N7O3/c1-29-19(28)14-4-7-24(8-5-14)18(27)15-3-2-6-25(10-15)16-9-17(22-12-21-16)26-13-20-11-23-26/h9,11-15H,2-8,10H2,1H3. The van der Waals surface area contributed by atoms with Crippen LogP contribution in [-0.4, -0.2) is 74.8 Å². The van der Waals surface area contributed by atoms with Crippen molar-refractivity contribution in [1.82, 2.24) is 29.6 Å². The Morgan fingerprint density at radius 2 is 1.83 bits per heavy atom. The first kappa shape index (κ1) is 19.3. The van der Waals surface area contributed by atoms with Gasteiger partial charge in [0.15, 0.2) is 5.82 Å². The molecule has 2 aliphatic rings. The summed E-state index contributed by atoms with van der Waals surface area (Å²) in [7, 11) is 1.41. The van der Waals surface area contributed by atoms with Gasteiger partial charge >= 0.3 is 5.97 Å². The summed E-state index contributed by atoms with van der Waals surface area (Å²) in [6, 6.07) is 1.86. The van der Waals surface area contributed by atoms with Crippen molar-refractivity contribution in [2.24, 2.45) is 11.8 Å². The van der Waals surface area contributed by atoms with Gasteiger partial charge in [-0.25, -0.2) is 19.6 Å². The molecule has 0 saturated carbocycles. The zero-order chi connectivity index (χ0) is 20.2. The van der Waals surface area contributed by atoms with Crippen LogP contribution in [0.1, 0.15) is 25.7 Å². The van der Waals surface area contributed by atoms with Crippen LogP contribution in [-0.2, 0) is 14.3 Å². The van der Waals surface area contributed by atoms with Gasteiger partial charge in [-0.15, -0.1) is 0 Å². The summed E-state index contributed by atoms with van der Waals surface area (Å²) in [6.07, 6.45) is 7.69. The van der Waals surface area contributed by atoms with Gasteiger partial charge in [0.1, 0.15) is 24.8 Å². The highest BCUT2D eigenvalue weighted by Gasteiger charge is 2.33. The van der Waals surface area contributed by atoms with Crippen LogP contribution >= 0.6 is 0 Å². The topological polar surface area (TPSA) is 106 Å². The molecule has 1 amide bonds. The molecule has 2 fully saturated rings. The van der Waals surface area contributed by atoms with Crippen LogP contribution in [0.15, 0.2) is 25.0 Å². The maximum absolute atomic E-state index is 13.1. The smallest absolute Gasteiger partial charge is 0.308 e. The zero-order valence-electron chi connectivity index (χ0n) is 16.5. The van der Waals surface area contributed by atoms with E-state index in [9.17, 15) is 9.59 Å². The highest BCUT2D eigenvalue weighted by atomic mass is 16.5. The molecule has 1 atom stereocenters. The van der Waals surface area contributed by atoms with Gasteiger partial charge in [0.2, 0.25) is 5.91 Å². The summed E-state index contributed by atoms with van der Waals surface area (Å²) in [5.41, 5.74) is 0. The Bertz CT molecular complexity index is 849. The lowest BCUT2D eigenvalue weighted by molar-refractivity contribution is -0.149. The van der Waals surface area contributed by atoms with E-state index in [1.54, 1.807) is 11.0 Å². The van der Waals surface area contributed by atoms with Crippen LogP contribution in [0.2, 0.25) is 0 Å². The molecule has 2 aliphatic heterocycles. The summed E-state index contributed by atoms with van der Waals surface area (Å²) >= 11 is 0. The molecule has 154 valence electrons. The molecule has 0 aromatic carbocycles. The number of aromatic nitrogens is 5. The summed E-state index contributed by atoms with van der Waals surface area (Å²) in [5, 5.41) is 4.10. The molecule has 1 unspecified atom stereocenters. The van der Waals surface area contributed by atoms with Crippen LogP contribution < -0.4 is 4.90 Å². The molecule has 10 nitrogen and oxygen atoms in total. The van der Waals surface area contributed by atoms with Gasteiger partial charge in [0.25, 0.3) is 0 Å². The van der Waals surface area contributed by atoms with Gasteiger partial charge in [-0.3, -0.25) is 9.59 Å². The summed E-state index contributed by atoms with van der Waals surface area (Å²) in [5.74, 6) is 1.26. The number of methoxy groups -OCH3 is 1. The fourth-order valence-corrected chi connectivity index (χ4v) is 4.11. The quantitative estimate of drug-likeness (QED) is 0.691. The highest BCUT2D eigenvalue weighted by molar-refractivity contribution is 5.80. The average Bonchev–Trinajstić information content (AvgIpc) is 3.33. The van der Waals surface area contributed by atoms with E-state index in [1.165, 1.54) is 19.8 Å². The third-order valence-corrected chi connectivity index (χ3v) is 5.73. The Hall–Kier alpha value is -3.04. The van der Waals surface area contributed by atoms with Crippen molar-refractivity contribution in [1.29, 1.82) is 0 Å². The predicted octanol–water partition coefficient (Wildman–Crippen LogP) is 0.685. The molecule has 0 N–H and O–H groups in total. The third kappa shape index (κ3) is 4.20. The molecule has 10 heteroatoms. The normalized spacial score (nSPS) is 20.5. The Labute approximate surface area is 168 Å². The van der Waals surface area contributed by atoms with Gasteiger partial charge in [-0.2, -0.15) is 5.10 Å². The van der Waals surface area contributed by atoms with Crippen molar-refractivity contribution >= 4 is 17.7 Å². The van der Waals surface area contributed by atoms with Crippen LogP contribution in [0.25, 0.3) is 5.82 Å². The van der Waals surface area contributed by atoms with E-state index in [1.807, 2.05) is 11.0 Å². The van der Waals surface area contributed by atoms with Gasteiger partial charge in [0.05, 0.1) is 18.9 Å². The lowest BCUT2D eigenvalue weighted by Gasteiger charge is -2.37. The number of hydrogen-bond donors (Lipinski definition) is 0. The minimum absolute atomic E-state index is 0.0665. The van der Waals surface area contributed by atoms with Gasteiger partial charge in [-0.1, -0.05) is 0 Å². The molecular formula is C19H25N7O3. The van der Waals surface area contributed by atoms with Crippen molar-refractivity contribution in [2.45, 2.75) is 25.7 Å². The lowest BCUT2D eigenvalue weighted by Crippen LogP contribution is -2.48. The molecule has 2 aromatic heterocycles. The fourth-order valence-electron chi connectivity index (χ4n) is 4.11. The SMILES string of the molecule is COC(=O)C1CCN(C(=O)C2CCCN(c3cc(-n4cncn4)ncn3)C2)CC1. The maximum atomic E-state index is 13.1. The molecule has 29 heavy (non-hydrogen) atoms. The maximum Gasteiger partial charge on any atom is 0.308 e. The number of esters is 1. The van der Waals surface area contributed by atoms with E-state index in [4.69, 9.17) is 4.74 Å². The number of likely N-dealkylation sites (tertiary alicyclic amines) is 1. The highest BCUT2D eigenvalue weighted by Crippen LogP contribution is 2.26. The molecule has 0 aliphatic carbocycles. The molecule has 0 bridgehead atoms. The van der Waals surface area contributed by atoms with Gasteiger partial charge < -0.3 is 14.5 Å². The molecule has 4 rings (SSSR count). The van der Waals surface area contributed by atoms with Crippen LogP contribution in [0.5, 0.6) is 0 Å². The number of rotatable bonds is 4. The summed E-state index contributed by atoms with van der Waals surface area (Å²) in [4.78, 5) is 41.4. The number of anilines is 1. The lowest BCUT2D eigenvalue weighted by atomic mass is 9.93. The first-order chi connectivity index (χ1) is 14.2. The van der Waals surface area contributed by atoms with Crippen molar-refractivity contribution in [3.8, 4) is 5.82 Å². The van der Waals surface area contributed by atoms with E-state index in [0.29, 0.717) is 38.3 Å². The van der Waals surface area contributed by atoms with E-state index < -0.39 is 0 Å². The Balaban J connectivity index is 1.39. The zero-order valence-corrected chi connectivity index (χ0v) is 16.5. The summed E-state index contributed by atoms with van der Waals surface area (Å²) in [6.45, 7) is 2.70. The molecule has 0 radical (unpaired) electrons. The third-order valence-electron chi connectivity index (χ3n) is 5.73. The second-order valence-electron chi connectivity index (χ2n) is 7.48. The number of ether oxygens (including phenoxy) is 1. The number of carbonyl (C=O) groups is 2. The number of carbonyl (C=O) groups excluding carboxylic acids is 2. The average molecular weight is 399 g/mol. The molecule has 4 heterocycles. The number of nitrogens with zero attached hydrogens (tertiary/aromatic N) is 7. The Morgan fingerprint density at radius 1 is 1.03 bits per heavy atom. The first-order valence-corrected chi connectivity index (χ1v) is 9.94. The number of piperidine rings is 2. The Morgan fingerprint density at radius 3 is 2.55 bits per heavy atom. The van der Waals surface area contributed by atoms with E-state index >= 15 is 0 Å². The second-order valence-corrected chi connectivity index (χ2v) is 7.48. The summed E-state index contributed by atoms with van der Waals surface area (Å²) < 4.78 is 6.42. The number of amides is 1. The second kappa shape index (κ2) is 8.54. The fraction of sp³-hybridized carbons (Fsp3) is 0.579. The minimum Gasteiger partial charge on any atom is -0.469 e. The molecule has 2 aromatic rings. The monoisotopic (exact) mass is 399 g/mol. The molecule has 0 spiro atoms. The van der Waals surface area contributed by atoms with Crippen LogP contribution in [0, 0.1) is 11.8 Å². The largest absolute Gasteiger partial charge is 0.469 e. The van der Waals surface area contributed by atoms with Gasteiger partial charge in [-0.05, 0) is 25.7 Å². The molecule has 2 saturated heterocycles. The van der Waals surface area contributed by atoms with Crippen molar-refractivity contribution in [3.63, 3.8) is 0 Å². The predicted molar refractivity (Wildman–Crippen MR) is 103 cm³/mol. The van der Waals surface area contributed by atoms with E-state index in [2.05, 4.69) is 25.0 Å². The van der Waals surface area contributed by atoms with Crippen molar-refractivity contribution < 1.29 is 14.3 Å². The van der Waals surface area contributed by atoms with Crippen molar-refractivity contribution in [3.05, 3.63) is 25.0 Å². The van der Waals surface area contributed by atoms with Crippen LogP contribution in [0.3, 0.4) is 0 Å². The van der Waals surface area contributed by atoms with Crippen LogP contribution in [0.4, 0.5) is 5.82 Å².